The van der Waals surface area contributed by atoms with Gasteiger partial charge in [-0.3, -0.25) is 13.9 Å². The molecule has 226 valence electrons. The minimum atomic E-state index is -3.58. The molecule has 42 heavy (non-hydrogen) atoms. The molecule has 0 aliphatic heterocycles. The summed E-state index contributed by atoms with van der Waals surface area (Å²) in [5.74, 6) is -0.516. The number of aryl methyl sites for hydroxylation is 1. The van der Waals surface area contributed by atoms with Crippen LogP contribution in [0.2, 0.25) is 10.0 Å². The Labute approximate surface area is 259 Å². The van der Waals surface area contributed by atoms with Crippen LogP contribution in [0.15, 0.2) is 72.8 Å². The van der Waals surface area contributed by atoms with Crippen molar-refractivity contribution in [3.05, 3.63) is 99.5 Å². The van der Waals surface area contributed by atoms with E-state index >= 15 is 0 Å². The number of anilines is 1. The molecule has 0 fully saturated rings. The lowest BCUT2D eigenvalue weighted by Gasteiger charge is -2.33. The number of benzene rings is 3. The van der Waals surface area contributed by atoms with Crippen LogP contribution in [0.4, 0.5) is 5.69 Å². The second-order valence-corrected chi connectivity index (χ2v) is 13.3. The summed E-state index contributed by atoms with van der Waals surface area (Å²) in [6, 6.07) is 21.0. The van der Waals surface area contributed by atoms with Crippen molar-refractivity contribution < 1.29 is 18.0 Å². The third-order valence-corrected chi connectivity index (χ3v) is 9.02. The predicted molar refractivity (Wildman–Crippen MR) is 171 cm³/mol. The van der Waals surface area contributed by atoms with Crippen molar-refractivity contribution in [1.29, 1.82) is 0 Å². The van der Waals surface area contributed by atoms with Crippen LogP contribution in [0.3, 0.4) is 0 Å². The van der Waals surface area contributed by atoms with Gasteiger partial charge in [-0.25, -0.2) is 8.42 Å². The molecule has 3 rings (SSSR count). The van der Waals surface area contributed by atoms with Crippen LogP contribution < -0.4 is 9.62 Å². The summed E-state index contributed by atoms with van der Waals surface area (Å²) in [5.41, 5.74) is 3.19. The lowest BCUT2D eigenvalue weighted by molar-refractivity contribution is -0.141. The highest BCUT2D eigenvalue weighted by atomic mass is 35.5. The lowest BCUT2D eigenvalue weighted by atomic mass is 10.0. The summed E-state index contributed by atoms with van der Waals surface area (Å²) in [4.78, 5) is 29.2. The van der Waals surface area contributed by atoms with Crippen molar-refractivity contribution in [2.75, 3.05) is 17.1 Å². The first-order valence-electron chi connectivity index (χ1n) is 14.0. The summed E-state index contributed by atoms with van der Waals surface area (Å²) >= 11 is 12.4. The van der Waals surface area contributed by atoms with Crippen LogP contribution in [0.25, 0.3) is 0 Å². The highest BCUT2D eigenvalue weighted by molar-refractivity contribution is 7.92. The van der Waals surface area contributed by atoms with Crippen molar-refractivity contribution >= 4 is 50.7 Å². The average molecular weight is 633 g/mol. The molecule has 0 aliphatic rings. The van der Waals surface area contributed by atoms with E-state index in [1.165, 1.54) is 4.31 Å². The second kappa shape index (κ2) is 15.4. The molecule has 3 aromatic carbocycles. The Morgan fingerprint density at radius 1 is 0.929 bits per heavy atom. The van der Waals surface area contributed by atoms with Crippen LogP contribution in [-0.2, 0) is 32.6 Å². The number of halogens is 2. The minimum absolute atomic E-state index is 0.0428. The van der Waals surface area contributed by atoms with Crippen LogP contribution in [0.1, 0.15) is 49.8 Å². The molecule has 0 radical (unpaired) electrons. The normalized spacial score (nSPS) is 12.8. The standard InChI is InChI=1S/C32H39Cl2N3O4S/c1-5-24(3)35-32(39)30(21-25-10-7-6-8-11-25)36(22-26-15-18-28(33)29(34)20-26)31(38)12-9-19-37(42(4,40)41)27-16-13-23(2)14-17-27/h6-8,10-11,13-18,20,24,30H,5,9,12,19,21-22H2,1-4H3,(H,35,39)/t24-,30+/m0/s1. The van der Waals surface area contributed by atoms with Gasteiger partial charge in [-0.15, -0.1) is 0 Å². The molecule has 7 nitrogen and oxygen atoms in total. The number of amides is 2. The molecule has 1 N–H and O–H groups in total. The van der Waals surface area contributed by atoms with E-state index in [0.29, 0.717) is 22.2 Å². The van der Waals surface area contributed by atoms with Gasteiger partial charge in [0.1, 0.15) is 6.04 Å². The first-order chi connectivity index (χ1) is 19.9. The number of nitrogens with one attached hydrogen (secondary N) is 1. The highest BCUT2D eigenvalue weighted by Crippen LogP contribution is 2.25. The zero-order valence-corrected chi connectivity index (χ0v) is 26.8. The third kappa shape index (κ3) is 9.75. The van der Waals surface area contributed by atoms with Gasteiger partial charge in [-0.05, 0) is 62.1 Å². The van der Waals surface area contributed by atoms with Crippen LogP contribution in [0, 0.1) is 6.92 Å². The summed E-state index contributed by atoms with van der Waals surface area (Å²) < 4.78 is 26.5. The van der Waals surface area contributed by atoms with Gasteiger partial charge in [0.15, 0.2) is 0 Å². The first-order valence-corrected chi connectivity index (χ1v) is 16.6. The van der Waals surface area contributed by atoms with E-state index in [2.05, 4.69) is 5.32 Å². The van der Waals surface area contributed by atoms with Gasteiger partial charge in [0.05, 0.1) is 22.0 Å². The molecule has 10 heteroatoms. The fraction of sp³-hybridized carbons (Fsp3) is 0.375. The number of carbonyl (C=O) groups excluding carboxylic acids is 2. The number of hydrogen-bond donors (Lipinski definition) is 1. The maximum Gasteiger partial charge on any atom is 0.243 e. The fourth-order valence-electron chi connectivity index (χ4n) is 4.54. The van der Waals surface area contributed by atoms with Crippen molar-refractivity contribution in [1.82, 2.24) is 10.2 Å². The molecule has 0 aromatic heterocycles. The molecule has 0 aliphatic carbocycles. The maximum atomic E-state index is 13.9. The van der Waals surface area contributed by atoms with Gasteiger partial charge in [0.25, 0.3) is 0 Å². The van der Waals surface area contributed by atoms with Gasteiger partial charge in [-0.1, -0.05) is 84.2 Å². The van der Waals surface area contributed by atoms with Gasteiger partial charge in [0, 0.05) is 32.0 Å². The van der Waals surface area contributed by atoms with Gasteiger partial charge in [0.2, 0.25) is 21.8 Å². The van der Waals surface area contributed by atoms with Gasteiger partial charge >= 0.3 is 0 Å². The maximum absolute atomic E-state index is 13.9. The van der Waals surface area contributed by atoms with Gasteiger partial charge in [-0.2, -0.15) is 0 Å². The van der Waals surface area contributed by atoms with Crippen molar-refractivity contribution in [2.24, 2.45) is 0 Å². The minimum Gasteiger partial charge on any atom is -0.352 e. The summed E-state index contributed by atoms with van der Waals surface area (Å²) in [7, 11) is -3.58. The van der Waals surface area contributed by atoms with Crippen molar-refractivity contribution in [2.45, 2.75) is 65.1 Å². The zero-order chi connectivity index (χ0) is 30.9. The highest BCUT2D eigenvalue weighted by Gasteiger charge is 2.31. The van der Waals surface area contributed by atoms with Crippen molar-refractivity contribution in [3.8, 4) is 0 Å². The summed E-state index contributed by atoms with van der Waals surface area (Å²) in [5, 5.41) is 3.79. The SMILES string of the molecule is CC[C@H](C)NC(=O)[C@@H](Cc1ccccc1)N(Cc1ccc(Cl)c(Cl)c1)C(=O)CCCN(c1ccc(C)cc1)S(C)(=O)=O. The fourth-order valence-corrected chi connectivity index (χ4v) is 5.83. The zero-order valence-electron chi connectivity index (χ0n) is 24.5. The molecule has 0 bridgehead atoms. The Morgan fingerprint density at radius 3 is 2.19 bits per heavy atom. The van der Waals surface area contributed by atoms with E-state index in [9.17, 15) is 18.0 Å². The first kappa shape index (κ1) is 33.4. The van der Waals surface area contributed by atoms with E-state index in [0.717, 1.165) is 29.4 Å². The molecule has 3 aromatic rings. The molecule has 2 amide bonds. The molecular weight excluding hydrogens is 593 g/mol. The number of sulfonamides is 1. The number of hydrogen-bond acceptors (Lipinski definition) is 4. The molecule has 0 unspecified atom stereocenters. The van der Waals surface area contributed by atoms with Crippen LogP contribution in [-0.4, -0.2) is 50.0 Å². The molecule has 2 atom stereocenters. The smallest absolute Gasteiger partial charge is 0.243 e. The molecule has 0 saturated heterocycles. The molecular formula is C32H39Cl2N3O4S. The Balaban J connectivity index is 1.91. The topological polar surface area (TPSA) is 86.8 Å². The largest absolute Gasteiger partial charge is 0.352 e. The molecule has 0 saturated carbocycles. The van der Waals surface area contributed by atoms with E-state index in [-0.39, 0.29) is 43.8 Å². The molecule has 0 heterocycles. The monoisotopic (exact) mass is 631 g/mol. The third-order valence-electron chi connectivity index (χ3n) is 7.08. The van der Waals surface area contributed by atoms with Crippen molar-refractivity contribution in [3.63, 3.8) is 0 Å². The lowest BCUT2D eigenvalue weighted by Crippen LogP contribution is -2.52. The van der Waals surface area contributed by atoms with E-state index < -0.39 is 16.1 Å². The van der Waals surface area contributed by atoms with E-state index in [1.807, 2.05) is 63.2 Å². The summed E-state index contributed by atoms with van der Waals surface area (Å²) in [6.45, 7) is 6.09. The number of nitrogens with zero attached hydrogens (tertiary/aromatic N) is 2. The predicted octanol–water partition coefficient (Wildman–Crippen LogP) is 6.40. The Bertz CT molecular complexity index is 1450. The average Bonchev–Trinajstić information content (AvgIpc) is 2.95. The van der Waals surface area contributed by atoms with Crippen LogP contribution >= 0.6 is 23.2 Å². The number of carbonyl (C=O) groups is 2. The van der Waals surface area contributed by atoms with E-state index in [4.69, 9.17) is 23.2 Å². The summed E-state index contributed by atoms with van der Waals surface area (Å²) in [6.07, 6.45) is 2.52. The van der Waals surface area contributed by atoms with Gasteiger partial charge < -0.3 is 10.2 Å². The van der Waals surface area contributed by atoms with E-state index in [1.54, 1.807) is 35.2 Å². The molecule has 0 spiro atoms. The quantitative estimate of drug-likeness (QED) is 0.223. The van der Waals surface area contributed by atoms with Crippen LogP contribution in [0.5, 0.6) is 0 Å². The second-order valence-electron chi connectivity index (χ2n) is 10.6. The Morgan fingerprint density at radius 2 is 1.60 bits per heavy atom. The Kier molecular flexibility index (Phi) is 12.3. The Hall–Kier alpha value is -3.07. The number of rotatable bonds is 14.